The van der Waals surface area contributed by atoms with Gasteiger partial charge in [-0.1, -0.05) is 23.1 Å². The summed E-state index contributed by atoms with van der Waals surface area (Å²) in [6.45, 7) is -3.88. The minimum Gasteiger partial charge on any atom is -0.445 e. The Labute approximate surface area is 126 Å². The SMILES string of the molecule is Cc1cc(F)c([B-](F)(F)F)cc1Cl.[K+]. The van der Waals surface area contributed by atoms with Crippen molar-refractivity contribution in [1.82, 2.24) is 0 Å². The summed E-state index contributed by atoms with van der Waals surface area (Å²) in [6, 6.07) is 1.40. The molecule has 0 aliphatic heterocycles. The summed E-state index contributed by atoms with van der Waals surface area (Å²) in [5, 5.41) is -0.0735. The third kappa shape index (κ3) is 3.50. The molecule has 1 rings (SSSR count). The fourth-order valence-corrected chi connectivity index (χ4v) is 1.08. The molecule has 0 spiro atoms. The Kier molecular flexibility index (Phi) is 5.67. The zero-order valence-electron chi connectivity index (χ0n) is 7.62. The quantitative estimate of drug-likeness (QED) is 0.480. The average molecular weight is 250 g/mol. The maximum absolute atomic E-state index is 12.8. The van der Waals surface area contributed by atoms with Crippen LogP contribution in [0.4, 0.5) is 17.3 Å². The first-order valence-electron chi connectivity index (χ1n) is 3.48. The number of hydrogen-bond acceptors (Lipinski definition) is 0. The molecule has 0 heterocycles. The van der Waals surface area contributed by atoms with Crippen molar-refractivity contribution < 1.29 is 68.7 Å². The molecule has 0 fully saturated rings. The van der Waals surface area contributed by atoms with Crippen LogP contribution in [0.15, 0.2) is 12.1 Å². The number of halogens is 5. The zero-order chi connectivity index (χ0) is 10.2. The molecule has 0 N–H and O–H groups in total. The smallest absolute Gasteiger partial charge is 0.445 e. The Balaban J connectivity index is 0.00000169. The molecule has 0 aliphatic carbocycles. The second-order valence-corrected chi connectivity index (χ2v) is 3.10. The topological polar surface area (TPSA) is 0 Å². The third-order valence-corrected chi connectivity index (χ3v) is 2.04. The molecule has 72 valence electrons. The van der Waals surface area contributed by atoms with Crippen LogP contribution >= 0.6 is 11.6 Å². The molecular weight excluding hydrogens is 245 g/mol. The molecule has 0 nitrogen and oxygen atoms in total. The fourth-order valence-electron chi connectivity index (χ4n) is 0.913. The maximum atomic E-state index is 12.8. The van der Waals surface area contributed by atoms with Gasteiger partial charge in [-0.3, -0.25) is 0 Å². The van der Waals surface area contributed by atoms with Gasteiger partial charge in [0.1, 0.15) is 0 Å². The van der Waals surface area contributed by atoms with E-state index in [0.29, 0.717) is 11.6 Å². The van der Waals surface area contributed by atoms with Gasteiger partial charge in [0.05, 0.1) is 5.82 Å². The Morgan fingerprint density at radius 2 is 1.71 bits per heavy atom. The second-order valence-electron chi connectivity index (χ2n) is 2.70. The fraction of sp³-hybridized carbons (Fsp3) is 0.143. The summed E-state index contributed by atoms with van der Waals surface area (Å²) in [5.41, 5.74) is -0.974. The molecule has 0 radical (unpaired) electrons. The van der Waals surface area contributed by atoms with Crippen molar-refractivity contribution in [3.05, 3.63) is 28.5 Å². The van der Waals surface area contributed by atoms with Crippen LogP contribution in [-0.2, 0) is 0 Å². The van der Waals surface area contributed by atoms with Gasteiger partial charge in [-0.05, 0) is 18.6 Å². The number of hydrogen-bond donors (Lipinski definition) is 0. The van der Waals surface area contributed by atoms with Crippen molar-refractivity contribution in [3.63, 3.8) is 0 Å². The van der Waals surface area contributed by atoms with Crippen LogP contribution < -0.4 is 56.8 Å². The van der Waals surface area contributed by atoms with Crippen LogP contribution in [0.1, 0.15) is 5.56 Å². The molecule has 7 heteroatoms. The second kappa shape index (κ2) is 5.32. The minimum absolute atomic E-state index is 0. The number of rotatable bonds is 1. The van der Waals surface area contributed by atoms with E-state index < -0.39 is 18.3 Å². The van der Waals surface area contributed by atoms with Gasteiger partial charge in [-0.25, -0.2) is 4.39 Å². The van der Waals surface area contributed by atoms with Gasteiger partial charge in [0.25, 0.3) is 0 Å². The van der Waals surface area contributed by atoms with Crippen LogP contribution in [0, 0.1) is 12.7 Å². The number of benzene rings is 1. The molecule has 0 amide bonds. The van der Waals surface area contributed by atoms with Gasteiger partial charge >= 0.3 is 58.4 Å². The molecule has 0 unspecified atom stereocenters. The van der Waals surface area contributed by atoms with E-state index in [9.17, 15) is 17.3 Å². The Morgan fingerprint density at radius 3 is 2.14 bits per heavy atom. The first-order chi connectivity index (χ1) is 5.82. The number of aryl methyl sites for hydroxylation is 1. The van der Waals surface area contributed by atoms with Gasteiger partial charge in [0.2, 0.25) is 0 Å². The molecule has 1 aromatic carbocycles. The van der Waals surface area contributed by atoms with E-state index in [-0.39, 0.29) is 56.4 Å². The predicted molar refractivity (Wildman–Crippen MR) is 44.9 cm³/mol. The molecule has 1 aromatic rings. The van der Waals surface area contributed by atoms with E-state index in [1.807, 2.05) is 0 Å². The molecule has 0 atom stereocenters. The van der Waals surface area contributed by atoms with Crippen LogP contribution in [0.3, 0.4) is 0 Å². The molecule has 0 bridgehead atoms. The molecule has 0 saturated carbocycles. The van der Waals surface area contributed by atoms with Crippen LogP contribution in [0.5, 0.6) is 0 Å². The first-order valence-corrected chi connectivity index (χ1v) is 3.85. The van der Waals surface area contributed by atoms with Crippen molar-refractivity contribution in [2.45, 2.75) is 6.92 Å². The zero-order valence-corrected chi connectivity index (χ0v) is 11.5. The van der Waals surface area contributed by atoms with Crippen molar-refractivity contribution in [1.29, 1.82) is 0 Å². The van der Waals surface area contributed by atoms with Gasteiger partial charge < -0.3 is 12.9 Å². The van der Waals surface area contributed by atoms with Crippen LogP contribution in [0.25, 0.3) is 0 Å². The van der Waals surface area contributed by atoms with E-state index in [2.05, 4.69) is 0 Å². The Morgan fingerprint density at radius 1 is 1.21 bits per heavy atom. The summed E-state index contributed by atoms with van der Waals surface area (Å²) in [4.78, 5) is 0. The predicted octanol–water partition coefficient (Wildman–Crippen LogP) is -0.154. The first kappa shape index (κ1) is 14.9. The largest absolute Gasteiger partial charge is 1.00 e. The standard InChI is InChI=1S/C7H5BClF4.K/c1-4-2-7(10)5(3-6(4)9)8(11,12)13;/h2-3H,1H3;/q-1;+1. The molecule has 0 aromatic heterocycles. The summed E-state index contributed by atoms with van der Waals surface area (Å²) in [7, 11) is 0. The molecule has 0 aliphatic rings. The molecular formula is C7H5BClF4K. The molecule has 14 heavy (non-hydrogen) atoms. The van der Waals surface area contributed by atoms with Gasteiger partial charge in [0, 0.05) is 5.02 Å². The Hall–Kier alpha value is 0.931. The van der Waals surface area contributed by atoms with Crippen LogP contribution in [-0.4, -0.2) is 6.98 Å². The van der Waals surface area contributed by atoms with E-state index >= 15 is 0 Å². The van der Waals surface area contributed by atoms with Crippen molar-refractivity contribution >= 4 is 24.0 Å². The monoisotopic (exact) mass is 250 g/mol. The van der Waals surface area contributed by atoms with Gasteiger partial charge in [-0.2, -0.15) is 0 Å². The van der Waals surface area contributed by atoms with E-state index in [1.165, 1.54) is 6.92 Å². The van der Waals surface area contributed by atoms with Crippen molar-refractivity contribution in [3.8, 4) is 0 Å². The summed E-state index contributed by atoms with van der Waals surface area (Å²) in [5.74, 6) is -1.27. The summed E-state index contributed by atoms with van der Waals surface area (Å²) >= 11 is 5.44. The average Bonchev–Trinajstić information content (AvgIpc) is 1.94. The normalized spacial score (nSPS) is 11.0. The third-order valence-electron chi connectivity index (χ3n) is 1.63. The maximum Gasteiger partial charge on any atom is 1.00 e. The van der Waals surface area contributed by atoms with E-state index in [1.54, 1.807) is 0 Å². The Bertz CT molecular complexity index is 339. The minimum atomic E-state index is -5.32. The molecule has 0 saturated heterocycles. The van der Waals surface area contributed by atoms with Gasteiger partial charge in [-0.15, -0.1) is 0 Å². The van der Waals surface area contributed by atoms with Gasteiger partial charge in [0.15, 0.2) is 0 Å². The summed E-state index contributed by atoms with van der Waals surface area (Å²) < 4.78 is 49.1. The van der Waals surface area contributed by atoms with Crippen molar-refractivity contribution in [2.75, 3.05) is 0 Å². The van der Waals surface area contributed by atoms with Crippen molar-refractivity contribution in [2.24, 2.45) is 0 Å². The van der Waals surface area contributed by atoms with Crippen LogP contribution in [0.2, 0.25) is 5.02 Å². The van der Waals surface area contributed by atoms with E-state index in [0.717, 1.165) is 6.07 Å². The van der Waals surface area contributed by atoms with E-state index in [4.69, 9.17) is 11.6 Å². The summed E-state index contributed by atoms with van der Waals surface area (Å²) in [6.07, 6.45) is 0.